The molecule has 0 unspecified atom stereocenters. The molecule has 1 fully saturated rings. The van der Waals surface area contributed by atoms with Gasteiger partial charge in [0.25, 0.3) is 0 Å². The van der Waals surface area contributed by atoms with Gasteiger partial charge >= 0.3 is 0 Å². The summed E-state index contributed by atoms with van der Waals surface area (Å²) in [5.74, 6) is 2.49. The third-order valence-electron chi connectivity index (χ3n) is 4.46. The molecule has 1 aliphatic rings. The summed E-state index contributed by atoms with van der Waals surface area (Å²) in [5.41, 5.74) is 0.836. The Morgan fingerprint density at radius 3 is 2.65 bits per heavy atom. The number of nitrogens with zero attached hydrogens (tertiary/aromatic N) is 5. The minimum absolute atomic E-state index is 0.200. The normalized spacial score (nSPS) is 14.7. The van der Waals surface area contributed by atoms with Crippen LogP contribution in [0.3, 0.4) is 0 Å². The Bertz CT molecular complexity index is 746. The number of anilines is 1. The molecule has 3 heterocycles. The van der Waals surface area contributed by atoms with Gasteiger partial charge < -0.3 is 14.3 Å². The van der Waals surface area contributed by atoms with Crippen molar-refractivity contribution in [2.24, 2.45) is 0 Å². The molecule has 1 amide bonds. The molecule has 0 aliphatic carbocycles. The number of hydrogen-bond donors (Lipinski definition) is 0. The van der Waals surface area contributed by atoms with Crippen molar-refractivity contribution in [3.05, 3.63) is 36.9 Å². The molecule has 2 aromatic heterocycles. The molecule has 26 heavy (non-hydrogen) atoms. The monoisotopic (exact) mass is 355 g/mol. The lowest BCUT2D eigenvalue weighted by molar-refractivity contribution is -0.131. The number of aromatic nitrogens is 3. The zero-order chi connectivity index (χ0) is 18.5. The van der Waals surface area contributed by atoms with E-state index in [2.05, 4.69) is 26.6 Å². The van der Waals surface area contributed by atoms with Gasteiger partial charge in [-0.1, -0.05) is 25.1 Å². The number of carbonyl (C=O) groups excluding carboxylic acids is 1. The molecule has 0 atom stereocenters. The second kappa shape index (κ2) is 8.12. The fourth-order valence-corrected chi connectivity index (χ4v) is 2.86. The van der Waals surface area contributed by atoms with Crippen LogP contribution in [-0.2, 0) is 4.79 Å². The largest absolute Gasteiger partial charge is 0.353 e. The lowest BCUT2D eigenvalue weighted by Crippen LogP contribution is -2.49. The Balaban J connectivity index is 1.59. The van der Waals surface area contributed by atoms with Gasteiger partial charge in [0.2, 0.25) is 17.6 Å². The number of amides is 1. The molecular formula is C19H25N5O2. The summed E-state index contributed by atoms with van der Waals surface area (Å²) < 4.78 is 5.25. The number of carbonyl (C=O) groups is 1. The predicted molar refractivity (Wildman–Crippen MR) is 99.8 cm³/mol. The van der Waals surface area contributed by atoms with Crippen LogP contribution in [0.2, 0.25) is 0 Å². The molecule has 1 aliphatic heterocycles. The predicted octanol–water partition coefficient (Wildman–Crippen LogP) is 2.87. The molecule has 0 bridgehead atoms. The average molecular weight is 355 g/mol. The van der Waals surface area contributed by atoms with Crippen molar-refractivity contribution < 1.29 is 9.32 Å². The lowest BCUT2D eigenvalue weighted by Gasteiger charge is -2.35. The van der Waals surface area contributed by atoms with Crippen LogP contribution in [0.1, 0.15) is 38.5 Å². The van der Waals surface area contributed by atoms with Crippen molar-refractivity contribution in [2.45, 2.75) is 32.6 Å². The number of hydrogen-bond acceptors (Lipinski definition) is 6. The van der Waals surface area contributed by atoms with Crippen molar-refractivity contribution in [3.8, 4) is 11.4 Å². The van der Waals surface area contributed by atoms with E-state index in [1.807, 2.05) is 30.9 Å². The lowest BCUT2D eigenvalue weighted by atomic mass is 10.2. The molecule has 0 aromatic carbocycles. The summed E-state index contributed by atoms with van der Waals surface area (Å²) in [7, 11) is 0. The highest BCUT2D eigenvalue weighted by Crippen LogP contribution is 2.21. The molecule has 2 aromatic rings. The van der Waals surface area contributed by atoms with E-state index in [0.29, 0.717) is 18.1 Å². The third kappa shape index (κ3) is 4.09. The Kier molecular flexibility index (Phi) is 5.65. The van der Waals surface area contributed by atoms with Gasteiger partial charge in [0.15, 0.2) is 0 Å². The van der Waals surface area contributed by atoms with Crippen molar-refractivity contribution in [1.29, 1.82) is 0 Å². The second-order valence-electron chi connectivity index (χ2n) is 6.71. The molecule has 0 radical (unpaired) electrons. The van der Waals surface area contributed by atoms with Gasteiger partial charge in [-0.15, -0.1) is 6.58 Å². The topological polar surface area (TPSA) is 75.4 Å². The fraction of sp³-hybridized carbons (Fsp3) is 0.474. The van der Waals surface area contributed by atoms with Gasteiger partial charge in [-0.05, 0) is 18.6 Å². The molecule has 3 rings (SSSR count). The summed E-state index contributed by atoms with van der Waals surface area (Å²) in [4.78, 5) is 25.1. The number of piperazine rings is 1. The summed E-state index contributed by atoms with van der Waals surface area (Å²) in [6.07, 6.45) is 4.83. The molecule has 1 saturated heterocycles. The maximum Gasteiger partial charge on any atom is 0.229 e. The van der Waals surface area contributed by atoms with E-state index >= 15 is 0 Å². The van der Waals surface area contributed by atoms with Crippen LogP contribution >= 0.6 is 0 Å². The fourth-order valence-electron chi connectivity index (χ4n) is 2.86. The van der Waals surface area contributed by atoms with Crippen LogP contribution in [0.25, 0.3) is 11.4 Å². The van der Waals surface area contributed by atoms with Crippen molar-refractivity contribution in [1.82, 2.24) is 20.0 Å². The first kappa shape index (κ1) is 18.1. The van der Waals surface area contributed by atoms with E-state index in [9.17, 15) is 4.79 Å². The second-order valence-corrected chi connectivity index (χ2v) is 6.71. The quantitative estimate of drug-likeness (QED) is 0.742. The Morgan fingerprint density at radius 1 is 1.31 bits per heavy atom. The van der Waals surface area contributed by atoms with E-state index in [0.717, 1.165) is 44.0 Å². The minimum Gasteiger partial charge on any atom is -0.353 e. The molecular weight excluding hydrogens is 330 g/mol. The van der Waals surface area contributed by atoms with Gasteiger partial charge in [0.05, 0.1) is 0 Å². The van der Waals surface area contributed by atoms with Gasteiger partial charge in [0.1, 0.15) is 5.82 Å². The van der Waals surface area contributed by atoms with Crippen molar-refractivity contribution in [2.75, 3.05) is 31.1 Å². The van der Waals surface area contributed by atoms with E-state index in [4.69, 9.17) is 4.52 Å². The summed E-state index contributed by atoms with van der Waals surface area (Å²) in [6.45, 7) is 10.7. The van der Waals surface area contributed by atoms with Gasteiger partial charge in [0, 0.05) is 50.3 Å². The highest BCUT2D eigenvalue weighted by molar-refractivity contribution is 5.76. The Labute approximate surface area is 153 Å². The minimum atomic E-state index is 0.200. The zero-order valence-electron chi connectivity index (χ0n) is 15.4. The number of rotatable bonds is 6. The maximum atomic E-state index is 12.1. The highest BCUT2D eigenvalue weighted by atomic mass is 16.5. The summed E-state index contributed by atoms with van der Waals surface area (Å²) in [5, 5.41) is 4.01. The molecule has 0 spiro atoms. The highest BCUT2D eigenvalue weighted by Gasteiger charge is 2.21. The molecule has 0 N–H and O–H groups in total. The summed E-state index contributed by atoms with van der Waals surface area (Å²) >= 11 is 0. The van der Waals surface area contributed by atoms with Crippen LogP contribution in [-0.4, -0.2) is 52.1 Å². The first-order valence-electron chi connectivity index (χ1n) is 9.02. The zero-order valence-corrected chi connectivity index (χ0v) is 15.4. The van der Waals surface area contributed by atoms with Crippen molar-refractivity contribution >= 4 is 11.7 Å². The smallest absolute Gasteiger partial charge is 0.229 e. The SMILES string of the molecule is C=CCCC(=O)N1CCN(c2ccc(-c3noc(C(C)C)n3)cn2)CC1. The van der Waals surface area contributed by atoms with Crippen LogP contribution in [0, 0.1) is 0 Å². The Hall–Kier alpha value is -2.70. The van der Waals surface area contributed by atoms with Crippen LogP contribution in [0.5, 0.6) is 0 Å². The molecule has 0 saturated carbocycles. The average Bonchev–Trinajstić information content (AvgIpc) is 3.17. The van der Waals surface area contributed by atoms with Gasteiger partial charge in [-0.3, -0.25) is 4.79 Å². The van der Waals surface area contributed by atoms with Crippen LogP contribution < -0.4 is 4.90 Å². The van der Waals surface area contributed by atoms with Crippen LogP contribution in [0.15, 0.2) is 35.5 Å². The van der Waals surface area contributed by atoms with E-state index in [1.54, 1.807) is 12.3 Å². The third-order valence-corrected chi connectivity index (χ3v) is 4.46. The van der Waals surface area contributed by atoms with Crippen molar-refractivity contribution in [3.63, 3.8) is 0 Å². The number of pyridine rings is 1. The van der Waals surface area contributed by atoms with E-state index < -0.39 is 0 Å². The standard InChI is InChI=1S/C19H25N5O2/c1-4-5-6-17(25)24-11-9-23(10-12-24)16-8-7-15(13-20-16)18-21-19(14(2)3)26-22-18/h4,7-8,13-14H,1,5-6,9-12H2,2-3H3. The Morgan fingerprint density at radius 2 is 2.08 bits per heavy atom. The molecule has 138 valence electrons. The van der Waals surface area contributed by atoms with Gasteiger partial charge in [-0.25, -0.2) is 4.98 Å². The van der Waals surface area contributed by atoms with E-state index in [-0.39, 0.29) is 11.8 Å². The summed E-state index contributed by atoms with van der Waals surface area (Å²) in [6, 6.07) is 3.93. The first-order chi connectivity index (χ1) is 12.6. The molecule has 7 nitrogen and oxygen atoms in total. The molecule has 7 heteroatoms. The maximum absolute atomic E-state index is 12.1. The number of allylic oxidation sites excluding steroid dienone is 1. The first-order valence-corrected chi connectivity index (χ1v) is 9.02. The van der Waals surface area contributed by atoms with Gasteiger partial charge in [-0.2, -0.15) is 4.98 Å². The van der Waals surface area contributed by atoms with E-state index in [1.165, 1.54) is 0 Å². The van der Waals surface area contributed by atoms with Crippen LogP contribution in [0.4, 0.5) is 5.82 Å².